The molecule has 0 spiro atoms. The molecule has 0 aliphatic heterocycles. The van der Waals surface area contributed by atoms with Gasteiger partial charge in [0.15, 0.2) is 5.96 Å². The maximum Gasteiger partial charge on any atom is 0.191 e. The van der Waals surface area contributed by atoms with Crippen molar-refractivity contribution in [1.29, 1.82) is 0 Å². The second kappa shape index (κ2) is 7.51. The summed E-state index contributed by atoms with van der Waals surface area (Å²) < 4.78 is 1.18. The normalized spacial score (nSPS) is 18.2. The Labute approximate surface area is 146 Å². The zero-order valence-electron chi connectivity index (χ0n) is 14.0. The molecular weight excluding hydrogens is 322 g/mol. The summed E-state index contributed by atoms with van der Waals surface area (Å²) in [5.74, 6) is 0.637. The number of nitrogens with one attached hydrogen (secondary N) is 2. The average molecular weight is 347 g/mol. The van der Waals surface area contributed by atoms with Crippen molar-refractivity contribution in [3.05, 3.63) is 35.2 Å². The van der Waals surface area contributed by atoms with Crippen LogP contribution in [0.1, 0.15) is 37.2 Å². The van der Waals surface area contributed by atoms with Gasteiger partial charge < -0.3 is 20.8 Å². The van der Waals surface area contributed by atoms with Gasteiger partial charge >= 0.3 is 0 Å². The van der Waals surface area contributed by atoms with Crippen molar-refractivity contribution < 1.29 is 10.2 Å². The predicted molar refractivity (Wildman–Crippen MR) is 99.6 cm³/mol. The number of benzene rings is 1. The van der Waals surface area contributed by atoms with Gasteiger partial charge in [-0.3, -0.25) is 4.99 Å². The van der Waals surface area contributed by atoms with E-state index in [9.17, 15) is 10.2 Å². The quantitative estimate of drug-likeness (QED) is 0.478. The van der Waals surface area contributed by atoms with Gasteiger partial charge in [-0.25, -0.2) is 0 Å². The highest BCUT2D eigenvalue weighted by molar-refractivity contribution is 7.19. The third-order valence-electron chi connectivity index (χ3n) is 4.40. The third-order valence-corrected chi connectivity index (χ3v) is 5.61. The number of hydrogen-bond donors (Lipinski definition) is 4. The summed E-state index contributed by atoms with van der Waals surface area (Å²) in [6.07, 6.45) is 2.12. The molecule has 3 rings (SSSR count). The number of fused-ring (bicyclic) bond motifs is 1. The summed E-state index contributed by atoms with van der Waals surface area (Å²) in [5.41, 5.74) is -0.632. The van der Waals surface area contributed by atoms with Gasteiger partial charge in [-0.1, -0.05) is 18.2 Å². The first-order valence-electron chi connectivity index (χ1n) is 8.51. The first-order chi connectivity index (χ1) is 11.6. The highest BCUT2D eigenvalue weighted by Gasteiger charge is 2.34. The van der Waals surface area contributed by atoms with E-state index in [-0.39, 0.29) is 0 Å². The Morgan fingerprint density at radius 3 is 2.79 bits per heavy atom. The smallest absolute Gasteiger partial charge is 0.191 e. The second-order valence-corrected chi connectivity index (χ2v) is 7.47. The van der Waals surface area contributed by atoms with E-state index in [0.717, 1.165) is 36.1 Å². The Balaban J connectivity index is 1.59. The molecule has 6 heteroatoms. The molecule has 1 atom stereocenters. The highest BCUT2D eigenvalue weighted by atomic mass is 32.1. The SMILES string of the molecule is CCNC(=NCC1(O)CCC1)NCC(O)c1cc2ccccc2s1. The topological polar surface area (TPSA) is 76.9 Å². The van der Waals surface area contributed by atoms with Crippen LogP contribution in [0, 0.1) is 0 Å². The molecule has 1 saturated carbocycles. The molecule has 5 nitrogen and oxygen atoms in total. The number of guanidine groups is 1. The minimum atomic E-state index is -0.632. The van der Waals surface area contributed by atoms with Crippen molar-refractivity contribution in [2.75, 3.05) is 19.6 Å². The van der Waals surface area contributed by atoms with Crippen LogP contribution in [0.4, 0.5) is 0 Å². The molecule has 1 unspecified atom stereocenters. The molecule has 0 amide bonds. The second-order valence-electron chi connectivity index (χ2n) is 6.36. The van der Waals surface area contributed by atoms with Crippen LogP contribution in [0.3, 0.4) is 0 Å². The van der Waals surface area contributed by atoms with Gasteiger partial charge in [0.25, 0.3) is 0 Å². The van der Waals surface area contributed by atoms with Crippen LogP contribution in [0.2, 0.25) is 0 Å². The monoisotopic (exact) mass is 347 g/mol. The third kappa shape index (κ3) is 4.06. The van der Waals surface area contributed by atoms with E-state index < -0.39 is 11.7 Å². The molecule has 1 aliphatic carbocycles. The zero-order chi connectivity index (χ0) is 17.0. The Hall–Kier alpha value is -1.63. The first-order valence-corrected chi connectivity index (χ1v) is 9.32. The lowest BCUT2D eigenvalue weighted by Crippen LogP contribution is -2.44. The summed E-state index contributed by atoms with van der Waals surface area (Å²) in [4.78, 5) is 5.39. The predicted octanol–water partition coefficient (Wildman–Crippen LogP) is 2.40. The molecule has 0 bridgehead atoms. The molecule has 4 N–H and O–H groups in total. The van der Waals surface area contributed by atoms with Gasteiger partial charge in [-0.15, -0.1) is 11.3 Å². The number of thiophene rings is 1. The first kappa shape index (κ1) is 17.2. The maximum absolute atomic E-state index is 10.4. The van der Waals surface area contributed by atoms with Gasteiger partial charge in [0.1, 0.15) is 6.10 Å². The Morgan fingerprint density at radius 2 is 2.12 bits per heavy atom. The van der Waals surface area contributed by atoms with E-state index in [0.29, 0.717) is 19.0 Å². The Kier molecular flexibility index (Phi) is 5.38. The maximum atomic E-state index is 10.4. The largest absolute Gasteiger partial charge is 0.388 e. The van der Waals surface area contributed by atoms with Crippen molar-refractivity contribution in [2.24, 2.45) is 4.99 Å². The lowest BCUT2D eigenvalue weighted by atomic mass is 9.80. The number of rotatable bonds is 6. The van der Waals surface area contributed by atoms with E-state index in [1.165, 1.54) is 4.70 Å². The summed E-state index contributed by atoms with van der Waals surface area (Å²) >= 11 is 1.61. The van der Waals surface area contributed by atoms with Gasteiger partial charge in [-0.2, -0.15) is 0 Å². The minimum absolute atomic E-state index is 0.386. The van der Waals surface area contributed by atoms with Gasteiger partial charge in [0.2, 0.25) is 0 Å². The van der Waals surface area contributed by atoms with Crippen molar-refractivity contribution in [2.45, 2.75) is 37.9 Å². The van der Waals surface area contributed by atoms with Crippen molar-refractivity contribution in [1.82, 2.24) is 10.6 Å². The van der Waals surface area contributed by atoms with Crippen LogP contribution in [-0.2, 0) is 0 Å². The lowest BCUT2D eigenvalue weighted by Gasteiger charge is -2.35. The Bertz CT molecular complexity index is 676. The molecular formula is C18H25N3O2S. The van der Waals surface area contributed by atoms with Crippen LogP contribution in [0.15, 0.2) is 35.3 Å². The number of nitrogens with zero attached hydrogens (tertiary/aromatic N) is 1. The summed E-state index contributed by atoms with van der Waals surface area (Å²) in [6.45, 7) is 3.53. The summed E-state index contributed by atoms with van der Waals surface area (Å²) in [7, 11) is 0. The summed E-state index contributed by atoms with van der Waals surface area (Å²) in [5, 5.41) is 28.1. The van der Waals surface area contributed by atoms with Crippen LogP contribution >= 0.6 is 11.3 Å². The van der Waals surface area contributed by atoms with E-state index in [4.69, 9.17) is 0 Å². The molecule has 1 aromatic carbocycles. The van der Waals surface area contributed by atoms with Crippen molar-refractivity contribution in [3.8, 4) is 0 Å². The molecule has 0 saturated heterocycles. The zero-order valence-corrected chi connectivity index (χ0v) is 14.8. The molecule has 130 valence electrons. The molecule has 1 aliphatic rings. The van der Waals surface area contributed by atoms with Gasteiger partial charge in [0.05, 0.1) is 12.1 Å². The molecule has 24 heavy (non-hydrogen) atoms. The minimum Gasteiger partial charge on any atom is -0.388 e. The van der Waals surface area contributed by atoms with Crippen LogP contribution < -0.4 is 10.6 Å². The van der Waals surface area contributed by atoms with E-state index in [1.54, 1.807) is 11.3 Å². The number of aliphatic imine (C=N–C) groups is 1. The molecule has 1 aromatic heterocycles. The number of aliphatic hydroxyl groups is 2. The van der Waals surface area contributed by atoms with Crippen molar-refractivity contribution >= 4 is 27.4 Å². The fourth-order valence-electron chi connectivity index (χ4n) is 2.77. The number of hydrogen-bond acceptors (Lipinski definition) is 4. The Morgan fingerprint density at radius 1 is 1.33 bits per heavy atom. The van der Waals surface area contributed by atoms with E-state index in [2.05, 4.69) is 27.8 Å². The van der Waals surface area contributed by atoms with Crippen LogP contribution in [0.25, 0.3) is 10.1 Å². The van der Waals surface area contributed by atoms with Gasteiger partial charge in [0, 0.05) is 22.7 Å². The fourth-order valence-corrected chi connectivity index (χ4v) is 3.82. The fraction of sp³-hybridized carbons (Fsp3) is 0.500. The summed E-state index contributed by atoms with van der Waals surface area (Å²) in [6, 6.07) is 10.2. The number of aliphatic hydroxyl groups excluding tert-OH is 1. The van der Waals surface area contributed by atoms with Crippen LogP contribution in [-0.4, -0.2) is 41.4 Å². The molecule has 1 heterocycles. The highest BCUT2D eigenvalue weighted by Crippen LogP contribution is 2.31. The lowest BCUT2D eigenvalue weighted by molar-refractivity contribution is -0.0236. The standard InChI is InChI=1S/C18H25N3O2S/c1-2-19-17(21-12-18(23)8-5-9-18)20-11-14(22)16-10-13-6-3-4-7-15(13)24-16/h3-4,6-7,10,14,22-23H,2,5,8-9,11-12H2,1H3,(H2,19,20,21). The molecule has 1 fully saturated rings. The van der Waals surface area contributed by atoms with E-state index >= 15 is 0 Å². The van der Waals surface area contributed by atoms with E-state index in [1.807, 2.05) is 25.1 Å². The molecule has 2 aromatic rings. The van der Waals surface area contributed by atoms with Gasteiger partial charge in [-0.05, 0) is 43.7 Å². The van der Waals surface area contributed by atoms with Crippen LogP contribution in [0.5, 0.6) is 0 Å². The van der Waals surface area contributed by atoms with Crippen molar-refractivity contribution in [3.63, 3.8) is 0 Å². The average Bonchev–Trinajstić information content (AvgIpc) is 2.99. The molecule has 0 radical (unpaired) electrons.